The van der Waals surface area contributed by atoms with E-state index in [1.54, 1.807) is 0 Å². The average Bonchev–Trinajstić information content (AvgIpc) is 2.61. The number of benzene rings is 1. The predicted octanol–water partition coefficient (Wildman–Crippen LogP) is 4.42. The SMILES string of the molecule is CC1CC2CC(C)(CC(=O)NC3CCNCC3)CC(c3ccccc3)(C1)C2. The first-order chi connectivity index (χ1) is 13.0. The fourth-order valence-corrected chi connectivity index (χ4v) is 6.82. The molecule has 3 fully saturated rings. The van der Waals surface area contributed by atoms with Crippen LogP contribution < -0.4 is 10.6 Å². The molecule has 27 heavy (non-hydrogen) atoms. The van der Waals surface area contributed by atoms with Gasteiger partial charge in [0.15, 0.2) is 0 Å². The minimum absolute atomic E-state index is 0.121. The van der Waals surface area contributed by atoms with Crippen molar-refractivity contribution in [3.63, 3.8) is 0 Å². The molecule has 3 nitrogen and oxygen atoms in total. The van der Waals surface area contributed by atoms with Crippen LogP contribution in [0.15, 0.2) is 30.3 Å². The first kappa shape index (κ1) is 19.0. The van der Waals surface area contributed by atoms with E-state index >= 15 is 0 Å². The molecule has 2 aliphatic carbocycles. The second kappa shape index (κ2) is 7.58. The van der Waals surface area contributed by atoms with E-state index in [9.17, 15) is 4.79 Å². The van der Waals surface area contributed by atoms with Gasteiger partial charge in [0.1, 0.15) is 0 Å². The zero-order chi connectivity index (χ0) is 18.9. The first-order valence-corrected chi connectivity index (χ1v) is 11.0. The first-order valence-electron chi connectivity index (χ1n) is 11.0. The summed E-state index contributed by atoms with van der Waals surface area (Å²) in [6, 6.07) is 11.5. The highest BCUT2D eigenvalue weighted by Crippen LogP contribution is 2.58. The highest BCUT2D eigenvalue weighted by molar-refractivity contribution is 5.77. The molecule has 0 spiro atoms. The van der Waals surface area contributed by atoms with Crippen molar-refractivity contribution in [2.75, 3.05) is 13.1 Å². The lowest BCUT2D eigenvalue weighted by atomic mass is 9.50. The van der Waals surface area contributed by atoms with Crippen LogP contribution in [-0.4, -0.2) is 25.0 Å². The highest BCUT2D eigenvalue weighted by Gasteiger charge is 2.50. The van der Waals surface area contributed by atoms with E-state index in [1.807, 2.05) is 0 Å². The van der Waals surface area contributed by atoms with Crippen LogP contribution >= 0.6 is 0 Å². The maximum absolute atomic E-state index is 12.9. The van der Waals surface area contributed by atoms with Crippen molar-refractivity contribution in [1.29, 1.82) is 0 Å². The molecule has 1 heterocycles. The third-order valence-electron chi connectivity index (χ3n) is 7.38. The van der Waals surface area contributed by atoms with Crippen molar-refractivity contribution >= 4 is 5.91 Å². The number of amides is 1. The van der Waals surface area contributed by atoms with Crippen LogP contribution in [0, 0.1) is 17.3 Å². The molecule has 4 unspecified atom stereocenters. The van der Waals surface area contributed by atoms with Gasteiger partial charge >= 0.3 is 0 Å². The van der Waals surface area contributed by atoms with Crippen molar-refractivity contribution in [1.82, 2.24) is 10.6 Å². The van der Waals surface area contributed by atoms with E-state index in [-0.39, 0.29) is 16.7 Å². The standard InChI is InChI=1S/C24H36N2O/c1-18-12-19-14-23(2,16-22(27)26-21-8-10-25-11-9-21)17-24(13-18,15-19)20-6-4-3-5-7-20/h3-7,18-19,21,25H,8-17H2,1-2H3,(H,26,27). The lowest BCUT2D eigenvalue weighted by Gasteiger charge is -2.55. The monoisotopic (exact) mass is 368 g/mol. The Bertz CT molecular complexity index is 650. The predicted molar refractivity (Wildman–Crippen MR) is 111 cm³/mol. The van der Waals surface area contributed by atoms with Crippen LogP contribution in [0.5, 0.6) is 0 Å². The largest absolute Gasteiger partial charge is 0.353 e. The average molecular weight is 369 g/mol. The third kappa shape index (κ3) is 4.23. The highest BCUT2D eigenvalue weighted by atomic mass is 16.1. The van der Waals surface area contributed by atoms with Crippen molar-refractivity contribution in [3.05, 3.63) is 35.9 Å². The van der Waals surface area contributed by atoms with Crippen molar-refractivity contribution < 1.29 is 4.79 Å². The minimum atomic E-state index is 0.121. The Morgan fingerprint density at radius 1 is 1.15 bits per heavy atom. The van der Waals surface area contributed by atoms with E-state index in [0.717, 1.165) is 44.2 Å². The van der Waals surface area contributed by atoms with Crippen molar-refractivity contribution in [2.45, 2.75) is 76.7 Å². The maximum atomic E-state index is 12.9. The molecule has 2 bridgehead atoms. The Hall–Kier alpha value is -1.35. The molecule has 2 saturated carbocycles. The molecule has 2 N–H and O–H groups in total. The molecular weight excluding hydrogens is 332 g/mol. The van der Waals surface area contributed by atoms with Gasteiger partial charge in [-0.1, -0.05) is 44.2 Å². The summed E-state index contributed by atoms with van der Waals surface area (Å²) in [5.74, 6) is 1.83. The van der Waals surface area contributed by atoms with E-state index in [2.05, 4.69) is 54.8 Å². The second-order valence-corrected chi connectivity index (χ2v) is 10.2. The van der Waals surface area contributed by atoms with Crippen molar-refractivity contribution in [2.24, 2.45) is 17.3 Å². The summed E-state index contributed by atoms with van der Waals surface area (Å²) in [5, 5.41) is 6.72. The van der Waals surface area contributed by atoms with Gasteiger partial charge in [0.05, 0.1) is 0 Å². The summed E-state index contributed by atoms with van der Waals surface area (Å²) in [5.41, 5.74) is 1.90. The van der Waals surface area contributed by atoms with E-state index in [0.29, 0.717) is 12.5 Å². The van der Waals surface area contributed by atoms with Gasteiger partial charge in [-0.05, 0) is 86.3 Å². The van der Waals surface area contributed by atoms with Gasteiger partial charge in [0.25, 0.3) is 0 Å². The Morgan fingerprint density at radius 2 is 1.89 bits per heavy atom. The fourth-order valence-electron chi connectivity index (χ4n) is 6.82. The molecule has 1 aromatic carbocycles. The van der Waals surface area contributed by atoms with Gasteiger partial charge in [-0.25, -0.2) is 0 Å². The molecule has 0 radical (unpaired) electrons. The molecule has 1 saturated heterocycles. The summed E-state index contributed by atoms with van der Waals surface area (Å²) in [4.78, 5) is 12.9. The fraction of sp³-hybridized carbons (Fsp3) is 0.708. The molecule has 3 aliphatic rings. The number of hydrogen-bond acceptors (Lipinski definition) is 2. The smallest absolute Gasteiger partial charge is 0.220 e. The Labute approximate surface area is 164 Å². The number of nitrogens with one attached hydrogen (secondary N) is 2. The molecule has 148 valence electrons. The normalized spacial score (nSPS) is 37.0. The number of carbonyl (C=O) groups is 1. The van der Waals surface area contributed by atoms with E-state index in [4.69, 9.17) is 0 Å². The molecule has 4 atom stereocenters. The van der Waals surface area contributed by atoms with Gasteiger partial charge in [0, 0.05) is 12.5 Å². The molecular formula is C24H36N2O. The number of rotatable bonds is 4. The van der Waals surface area contributed by atoms with Crippen LogP contribution in [0.1, 0.15) is 70.8 Å². The molecule has 4 rings (SSSR count). The molecule has 0 aromatic heterocycles. The maximum Gasteiger partial charge on any atom is 0.220 e. The summed E-state index contributed by atoms with van der Waals surface area (Å²) >= 11 is 0. The van der Waals surface area contributed by atoms with Gasteiger partial charge < -0.3 is 10.6 Å². The summed E-state index contributed by atoms with van der Waals surface area (Å²) in [7, 11) is 0. The van der Waals surface area contributed by atoms with Gasteiger partial charge in [-0.3, -0.25) is 4.79 Å². The zero-order valence-electron chi connectivity index (χ0n) is 17.1. The van der Waals surface area contributed by atoms with Gasteiger partial charge in [-0.15, -0.1) is 0 Å². The van der Waals surface area contributed by atoms with Gasteiger partial charge in [-0.2, -0.15) is 0 Å². The van der Waals surface area contributed by atoms with E-state index in [1.165, 1.54) is 31.2 Å². The lowest BCUT2D eigenvalue weighted by molar-refractivity contribution is -0.126. The van der Waals surface area contributed by atoms with E-state index < -0.39 is 0 Å². The van der Waals surface area contributed by atoms with Gasteiger partial charge in [0.2, 0.25) is 5.91 Å². The van der Waals surface area contributed by atoms with Crippen LogP contribution in [-0.2, 0) is 10.2 Å². The lowest BCUT2D eigenvalue weighted by Crippen LogP contribution is -2.49. The molecule has 1 amide bonds. The van der Waals surface area contributed by atoms with Crippen LogP contribution in [0.25, 0.3) is 0 Å². The topological polar surface area (TPSA) is 41.1 Å². The number of fused-ring (bicyclic) bond motifs is 2. The molecule has 1 aliphatic heterocycles. The third-order valence-corrected chi connectivity index (χ3v) is 7.38. The van der Waals surface area contributed by atoms with Crippen LogP contribution in [0.4, 0.5) is 0 Å². The summed E-state index contributed by atoms with van der Waals surface area (Å²) in [6.07, 6.45) is 9.12. The quantitative estimate of drug-likeness (QED) is 0.826. The summed E-state index contributed by atoms with van der Waals surface area (Å²) in [6.45, 7) is 6.86. The zero-order valence-corrected chi connectivity index (χ0v) is 17.1. The number of carbonyl (C=O) groups excluding carboxylic acids is 1. The number of hydrogen-bond donors (Lipinski definition) is 2. The van der Waals surface area contributed by atoms with Crippen molar-refractivity contribution in [3.8, 4) is 0 Å². The Morgan fingerprint density at radius 3 is 2.63 bits per heavy atom. The molecule has 3 heteroatoms. The number of piperidine rings is 1. The second-order valence-electron chi connectivity index (χ2n) is 10.2. The minimum Gasteiger partial charge on any atom is -0.353 e. The van der Waals surface area contributed by atoms with Crippen LogP contribution in [0.2, 0.25) is 0 Å². The summed E-state index contributed by atoms with van der Waals surface area (Å²) < 4.78 is 0. The molecule has 1 aromatic rings. The van der Waals surface area contributed by atoms with Crippen LogP contribution in [0.3, 0.4) is 0 Å². The Balaban J connectivity index is 1.50. The Kier molecular flexibility index (Phi) is 5.33.